The number of pyridine rings is 1. The van der Waals surface area contributed by atoms with Crippen LogP contribution in [0.2, 0.25) is 0 Å². The van der Waals surface area contributed by atoms with E-state index in [0.29, 0.717) is 17.4 Å². The number of hydrogen-bond donors (Lipinski definition) is 1. The van der Waals surface area contributed by atoms with Crippen molar-refractivity contribution in [2.75, 3.05) is 4.72 Å². The molecule has 2 aromatic heterocycles. The largest absolute Gasteiger partial charge is 0.306 e. The summed E-state index contributed by atoms with van der Waals surface area (Å²) in [6.07, 6.45) is 3.72. The van der Waals surface area contributed by atoms with Gasteiger partial charge < -0.3 is 4.40 Å². The topological polar surface area (TPSA) is 63.5 Å². The second-order valence-electron chi connectivity index (χ2n) is 6.31. The fourth-order valence-corrected chi connectivity index (χ4v) is 4.11. The number of sulfonamides is 1. The van der Waals surface area contributed by atoms with Crippen molar-refractivity contribution in [1.82, 2.24) is 9.38 Å². The highest BCUT2D eigenvalue weighted by atomic mass is 32.2. The summed E-state index contributed by atoms with van der Waals surface area (Å²) >= 11 is 0. The minimum absolute atomic E-state index is 0.0292. The number of nitrogens with zero attached hydrogens (tertiary/aromatic N) is 2. The fourth-order valence-electron chi connectivity index (χ4n) is 2.95. The van der Waals surface area contributed by atoms with E-state index in [-0.39, 0.29) is 5.56 Å². The van der Waals surface area contributed by atoms with Gasteiger partial charge >= 0.3 is 0 Å². The van der Waals surface area contributed by atoms with Crippen molar-refractivity contribution in [3.8, 4) is 11.3 Å². The number of benzene rings is 2. The molecule has 0 atom stereocenters. The molecule has 0 aliphatic carbocycles. The first-order valence-electron chi connectivity index (χ1n) is 8.38. The Morgan fingerprint density at radius 3 is 2.50 bits per heavy atom. The lowest BCUT2D eigenvalue weighted by Crippen LogP contribution is -2.15. The van der Waals surface area contributed by atoms with Gasteiger partial charge in [0.25, 0.3) is 0 Å². The highest BCUT2D eigenvalue weighted by Crippen LogP contribution is 2.23. The smallest absolute Gasteiger partial charge is 0.236 e. The van der Waals surface area contributed by atoms with E-state index in [1.54, 1.807) is 18.2 Å². The van der Waals surface area contributed by atoms with Crippen LogP contribution in [0.25, 0.3) is 16.9 Å². The lowest BCUT2D eigenvalue weighted by atomic mass is 10.1. The van der Waals surface area contributed by atoms with Crippen molar-refractivity contribution in [3.63, 3.8) is 0 Å². The summed E-state index contributed by atoms with van der Waals surface area (Å²) < 4.78 is 55.7. The summed E-state index contributed by atoms with van der Waals surface area (Å²) in [5.41, 5.74) is 2.57. The zero-order chi connectivity index (χ0) is 19.7. The second kappa shape index (κ2) is 7.05. The van der Waals surface area contributed by atoms with Gasteiger partial charge in [0.15, 0.2) is 0 Å². The molecule has 0 saturated heterocycles. The monoisotopic (exact) mass is 399 g/mol. The SMILES string of the molecule is O=S(=O)(Cc1cc(F)cc(F)c1)Nc1cccc(-c2cn3ccccc3n2)c1. The second-order valence-corrected chi connectivity index (χ2v) is 8.03. The molecule has 0 amide bonds. The Bertz CT molecular complexity index is 1220. The Morgan fingerprint density at radius 1 is 0.964 bits per heavy atom. The Kier molecular flexibility index (Phi) is 4.56. The van der Waals surface area contributed by atoms with Gasteiger partial charge in [-0.1, -0.05) is 18.2 Å². The van der Waals surface area contributed by atoms with Crippen molar-refractivity contribution in [3.05, 3.63) is 90.3 Å². The number of aromatic nitrogens is 2. The number of anilines is 1. The Balaban J connectivity index is 1.58. The number of hydrogen-bond acceptors (Lipinski definition) is 3. The number of imidazole rings is 1. The van der Waals surface area contributed by atoms with Gasteiger partial charge in [0.05, 0.1) is 11.4 Å². The molecule has 0 bridgehead atoms. The van der Waals surface area contributed by atoms with Crippen LogP contribution in [0, 0.1) is 11.6 Å². The molecule has 0 saturated carbocycles. The third kappa shape index (κ3) is 4.01. The third-order valence-electron chi connectivity index (χ3n) is 4.07. The summed E-state index contributed by atoms with van der Waals surface area (Å²) in [6, 6.07) is 15.1. The van der Waals surface area contributed by atoms with Crippen LogP contribution in [-0.2, 0) is 15.8 Å². The van der Waals surface area contributed by atoms with Crippen LogP contribution in [0.15, 0.2) is 73.1 Å². The molecule has 0 aliphatic rings. The van der Waals surface area contributed by atoms with E-state index in [1.807, 2.05) is 41.1 Å². The standard InChI is InChI=1S/C20H15F2N3O2S/c21-16-8-14(9-17(22)11-16)13-28(26,27)24-18-5-3-4-15(10-18)19-12-25-7-2-1-6-20(25)23-19/h1-12,24H,13H2. The van der Waals surface area contributed by atoms with Gasteiger partial charge in [0.2, 0.25) is 10.0 Å². The first-order chi connectivity index (χ1) is 13.4. The highest BCUT2D eigenvalue weighted by Gasteiger charge is 2.14. The molecule has 0 fully saturated rings. The third-order valence-corrected chi connectivity index (χ3v) is 5.33. The molecule has 28 heavy (non-hydrogen) atoms. The van der Waals surface area contributed by atoms with E-state index < -0.39 is 27.4 Å². The van der Waals surface area contributed by atoms with Crippen molar-refractivity contribution in [1.29, 1.82) is 0 Å². The molecule has 0 radical (unpaired) electrons. The molecule has 4 aromatic rings. The zero-order valence-electron chi connectivity index (χ0n) is 14.5. The summed E-state index contributed by atoms with van der Waals surface area (Å²) in [6.45, 7) is 0. The summed E-state index contributed by atoms with van der Waals surface area (Å²) in [5, 5.41) is 0. The molecule has 8 heteroatoms. The molecule has 1 N–H and O–H groups in total. The van der Waals surface area contributed by atoms with Crippen LogP contribution >= 0.6 is 0 Å². The van der Waals surface area contributed by atoms with Crippen molar-refractivity contribution in [2.24, 2.45) is 0 Å². The Morgan fingerprint density at radius 2 is 1.75 bits per heavy atom. The molecule has 0 unspecified atom stereocenters. The predicted octanol–water partition coefficient (Wildman–Crippen LogP) is 4.22. The van der Waals surface area contributed by atoms with Gasteiger partial charge in [-0.05, 0) is 42.0 Å². The van der Waals surface area contributed by atoms with Gasteiger partial charge in [-0.25, -0.2) is 22.2 Å². The van der Waals surface area contributed by atoms with Gasteiger partial charge in [-0.3, -0.25) is 4.72 Å². The van der Waals surface area contributed by atoms with Gasteiger partial charge in [0.1, 0.15) is 17.3 Å². The molecule has 5 nitrogen and oxygen atoms in total. The Hall–Kier alpha value is -3.26. The highest BCUT2D eigenvalue weighted by molar-refractivity contribution is 7.91. The van der Waals surface area contributed by atoms with E-state index in [0.717, 1.165) is 23.3 Å². The van der Waals surface area contributed by atoms with E-state index in [1.165, 1.54) is 0 Å². The van der Waals surface area contributed by atoms with Crippen LogP contribution in [-0.4, -0.2) is 17.8 Å². The quantitative estimate of drug-likeness (QED) is 0.547. The maximum atomic E-state index is 13.3. The lowest BCUT2D eigenvalue weighted by molar-refractivity contribution is 0.579. The molecular formula is C20H15F2N3O2S. The van der Waals surface area contributed by atoms with Crippen molar-refractivity contribution < 1.29 is 17.2 Å². The van der Waals surface area contributed by atoms with Crippen LogP contribution in [0.1, 0.15) is 5.56 Å². The summed E-state index contributed by atoms with van der Waals surface area (Å²) in [4.78, 5) is 4.51. The van der Waals surface area contributed by atoms with Crippen molar-refractivity contribution >= 4 is 21.4 Å². The van der Waals surface area contributed by atoms with E-state index in [9.17, 15) is 17.2 Å². The predicted molar refractivity (Wildman–Crippen MR) is 103 cm³/mol. The maximum absolute atomic E-state index is 13.3. The first kappa shape index (κ1) is 18.1. The van der Waals surface area contributed by atoms with E-state index in [4.69, 9.17) is 0 Å². The van der Waals surface area contributed by atoms with E-state index in [2.05, 4.69) is 9.71 Å². The molecule has 2 heterocycles. The minimum atomic E-state index is -3.85. The average molecular weight is 399 g/mol. The molecule has 4 rings (SSSR count). The molecule has 142 valence electrons. The van der Waals surface area contributed by atoms with Crippen LogP contribution in [0.4, 0.5) is 14.5 Å². The molecule has 0 spiro atoms. The lowest BCUT2D eigenvalue weighted by Gasteiger charge is -2.09. The fraction of sp³-hybridized carbons (Fsp3) is 0.0500. The zero-order valence-corrected chi connectivity index (χ0v) is 15.3. The maximum Gasteiger partial charge on any atom is 0.236 e. The first-order valence-corrected chi connectivity index (χ1v) is 10.0. The average Bonchev–Trinajstić information content (AvgIpc) is 3.04. The number of fused-ring (bicyclic) bond motifs is 1. The summed E-state index contributed by atoms with van der Waals surface area (Å²) in [7, 11) is -3.85. The molecule has 2 aromatic carbocycles. The number of rotatable bonds is 5. The van der Waals surface area contributed by atoms with Crippen LogP contribution < -0.4 is 4.72 Å². The normalized spacial score (nSPS) is 11.6. The van der Waals surface area contributed by atoms with Crippen LogP contribution in [0.5, 0.6) is 0 Å². The minimum Gasteiger partial charge on any atom is -0.306 e. The van der Waals surface area contributed by atoms with Crippen molar-refractivity contribution in [2.45, 2.75) is 5.75 Å². The number of nitrogens with one attached hydrogen (secondary N) is 1. The van der Waals surface area contributed by atoms with Gasteiger partial charge in [-0.15, -0.1) is 0 Å². The summed E-state index contributed by atoms with van der Waals surface area (Å²) in [5.74, 6) is -2.18. The van der Waals surface area contributed by atoms with E-state index >= 15 is 0 Å². The molecule has 0 aliphatic heterocycles. The number of halogens is 2. The Labute approximate surface area is 160 Å². The van der Waals surface area contributed by atoms with Gasteiger partial charge in [-0.2, -0.15) is 0 Å². The van der Waals surface area contributed by atoms with Gasteiger partial charge in [0, 0.05) is 29.7 Å². The van der Waals surface area contributed by atoms with Crippen LogP contribution in [0.3, 0.4) is 0 Å². The molecular weight excluding hydrogens is 384 g/mol.